The van der Waals surface area contributed by atoms with Crippen molar-refractivity contribution >= 4 is 23.2 Å². The average molecular weight is 346 g/mol. The Morgan fingerprint density at radius 3 is 2.50 bits per heavy atom. The summed E-state index contributed by atoms with van der Waals surface area (Å²) >= 11 is 1.43. The molecular formula is C18H22N2O3S. The summed E-state index contributed by atoms with van der Waals surface area (Å²) in [4.78, 5) is 29.3. The number of aliphatic carboxylic acids is 1. The van der Waals surface area contributed by atoms with E-state index in [1.807, 2.05) is 45.0 Å². The molecule has 24 heavy (non-hydrogen) atoms. The Morgan fingerprint density at radius 2 is 1.92 bits per heavy atom. The monoisotopic (exact) mass is 346 g/mol. The minimum Gasteiger partial charge on any atom is -0.480 e. The fourth-order valence-corrected chi connectivity index (χ4v) is 3.16. The molecular weight excluding hydrogens is 324 g/mol. The van der Waals surface area contributed by atoms with Gasteiger partial charge in [-0.05, 0) is 18.4 Å². The number of aryl methyl sites for hydroxylation is 1. The number of aromatic nitrogens is 1. The van der Waals surface area contributed by atoms with Gasteiger partial charge in [-0.25, -0.2) is 4.98 Å². The number of nitrogens with zero attached hydrogens (tertiary/aromatic N) is 2. The van der Waals surface area contributed by atoms with Crippen LogP contribution in [0.2, 0.25) is 0 Å². The van der Waals surface area contributed by atoms with Crippen molar-refractivity contribution < 1.29 is 14.7 Å². The Hall–Kier alpha value is -2.21. The van der Waals surface area contributed by atoms with Crippen LogP contribution in [0.1, 0.15) is 40.5 Å². The highest BCUT2D eigenvalue weighted by atomic mass is 32.1. The van der Waals surface area contributed by atoms with Crippen LogP contribution in [0.4, 0.5) is 0 Å². The van der Waals surface area contributed by atoms with E-state index in [9.17, 15) is 9.59 Å². The third-order valence-corrected chi connectivity index (χ3v) is 4.29. The zero-order valence-electron chi connectivity index (χ0n) is 14.2. The molecule has 0 saturated heterocycles. The highest BCUT2D eigenvalue weighted by Crippen LogP contribution is 2.17. The lowest BCUT2D eigenvalue weighted by molar-refractivity contribution is -0.137. The molecule has 0 fully saturated rings. The molecule has 2 rings (SSSR count). The van der Waals surface area contributed by atoms with Crippen molar-refractivity contribution in [2.24, 2.45) is 5.92 Å². The van der Waals surface area contributed by atoms with E-state index in [2.05, 4.69) is 4.98 Å². The normalized spacial score (nSPS) is 10.8. The first-order chi connectivity index (χ1) is 11.3. The first kappa shape index (κ1) is 18.1. The second-order valence-electron chi connectivity index (χ2n) is 6.26. The third kappa shape index (κ3) is 5.16. The van der Waals surface area contributed by atoms with E-state index in [4.69, 9.17) is 5.11 Å². The summed E-state index contributed by atoms with van der Waals surface area (Å²) in [6.45, 7) is 6.03. The molecule has 0 radical (unpaired) electrons. The summed E-state index contributed by atoms with van der Waals surface area (Å²) in [7, 11) is 0. The molecule has 0 aliphatic carbocycles. The molecule has 0 saturated carbocycles. The quantitative estimate of drug-likeness (QED) is 0.835. The number of rotatable bonds is 7. The average Bonchev–Trinajstić information content (AvgIpc) is 2.96. The number of carboxylic acid groups (broad SMARTS) is 1. The van der Waals surface area contributed by atoms with Crippen molar-refractivity contribution in [2.45, 2.75) is 27.2 Å². The maximum atomic E-state index is 12.5. The lowest BCUT2D eigenvalue weighted by Crippen LogP contribution is -2.38. The molecule has 0 aliphatic heterocycles. The van der Waals surface area contributed by atoms with Gasteiger partial charge in [0.05, 0.1) is 5.01 Å². The lowest BCUT2D eigenvalue weighted by Gasteiger charge is -2.21. The molecule has 1 N–H and O–H groups in total. The summed E-state index contributed by atoms with van der Waals surface area (Å²) in [5.41, 5.74) is 2.66. The highest BCUT2D eigenvalue weighted by Gasteiger charge is 2.21. The molecule has 0 atom stereocenters. The molecule has 0 bridgehead atoms. The molecule has 0 aliphatic rings. The molecule has 1 heterocycles. The van der Waals surface area contributed by atoms with Crippen LogP contribution in [0.5, 0.6) is 0 Å². The van der Waals surface area contributed by atoms with Gasteiger partial charge in [-0.15, -0.1) is 11.3 Å². The zero-order chi connectivity index (χ0) is 17.7. The number of carboxylic acids is 1. The summed E-state index contributed by atoms with van der Waals surface area (Å²) in [5.74, 6) is -1.14. The van der Waals surface area contributed by atoms with Crippen molar-refractivity contribution in [3.8, 4) is 0 Å². The third-order valence-electron chi connectivity index (χ3n) is 3.45. The van der Waals surface area contributed by atoms with Crippen LogP contribution in [0, 0.1) is 12.8 Å². The predicted octanol–water partition coefficient (Wildman–Crippen LogP) is 3.23. The molecule has 6 heteroatoms. The maximum absolute atomic E-state index is 12.5. The van der Waals surface area contributed by atoms with Crippen molar-refractivity contribution in [3.63, 3.8) is 0 Å². The summed E-state index contributed by atoms with van der Waals surface area (Å²) < 4.78 is 0. The molecule has 1 aromatic heterocycles. The smallest absolute Gasteiger partial charge is 0.323 e. The Morgan fingerprint density at radius 1 is 1.25 bits per heavy atom. The van der Waals surface area contributed by atoms with Gasteiger partial charge in [-0.1, -0.05) is 43.7 Å². The maximum Gasteiger partial charge on any atom is 0.323 e. The van der Waals surface area contributed by atoms with Gasteiger partial charge in [0.25, 0.3) is 5.91 Å². The van der Waals surface area contributed by atoms with Crippen molar-refractivity contribution in [1.29, 1.82) is 0 Å². The van der Waals surface area contributed by atoms with Gasteiger partial charge in [0.2, 0.25) is 0 Å². The molecule has 5 nitrogen and oxygen atoms in total. The molecule has 1 amide bonds. The summed E-state index contributed by atoms with van der Waals surface area (Å²) in [6.07, 6.45) is 0.668. The van der Waals surface area contributed by atoms with Gasteiger partial charge in [0.1, 0.15) is 12.2 Å². The van der Waals surface area contributed by atoms with Crippen molar-refractivity contribution in [2.75, 3.05) is 13.1 Å². The van der Waals surface area contributed by atoms with Crippen molar-refractivity contribution in [3.05, 3.63) is 51.5 Å². The van der Waals surface area contributed by atoms with E-state index >= 15 is 0 Å². The Kier molecular flexibility index (Phi) is 6.09. The minimum atomic E-state index is -1.01. The van der Waals surface area contributed by atoms with Gasteiger partial charge in [0, 0.05) is 18.3 Å². The Labute approximate surface area is 146 Å². The Bertz CT molecular complexity index is 707. The van der Waals surface area contributed by atoms with Crippen LogP contribution in [0.3, 0.4) is 0 Å². The van der Waals surface area contributed by atoms with E-state index < -0.39 is 5.97 Å². The number of amides is 1. The van der Waals surface area contributed by atoms with Crippen LogP contribution in [0.25, 0.3) is 0 Å². The van der Waals surface area contributed by atoms with Crippen molar-refractivity contribution in [1.82, 2.24) is 9.88 Å². The standard InChI is InChI=1S/C18H22N2O3S/c1-12(2)9-20(10-17(21)22)18(23)15-11-24-16(19-15)8-14-6-4-13(3)5-7-14/h4-7,11-12H,8-10H2,1-3H3,(H,21,22). The van der Waals surface area contributed by atoms with Crippen LogP contribution in [0.15, 0.2) is 29.6 Å². The number of benzene rings is 1. The van der Waals surface area contributed by atoms with E-state index in [1.165, 1.54) is 21.8 Å². The molecule has 128 valence electrons. The van der Waals surface area contributed by atoms with Gasteiger partial charge in [0.15, 0.2) is 0 Å². The molecule has 1 aromatic carbocycles. The topological polar surface area (TPSA) is 70.5 Å². The first-order valence-corrected chi connectivity index (χ1v) is 8.74. The number of hydrogen-bond acceptors (Lipinski definition) is 4. The minimum absolute atomic E-state index is 0.193. The van der Waals surface area contributed by atoms with E-state index in [0.29, 0.717) is 18.7 Å². The van der Waals surface area contributed by atoms with Gasteiger partial charge in [-0.3, -0.25) is 9.59 Å². The van der Waals surface area contributed by atoms with Crippen LogP contribution >= 0.6 is 11.3 Å². The summed E-state index contributed by atoms with van der Waals surface area (Å²) in [6, 6.07) is 8.19. The van der Waals surface area contributed by atoms with E-state index in [-0.39, 0.29) is 18.4 Å². The van der Waals surface area contributed by atoms with Gasteiger partial charge >= 0.3 is 5.97 Å². The number of carbonyl (C=O) groups excluding carboxylic acids is 1. The molecule has 0 unspecified atom stereocenters. The van der Waals surface area contributed by atoms with E-state index in [0.717, 1.165) is 10.6 Å². The van der Waals surface area contributed by atoms with Gasteiger partial charge < -0.3 is 10.0 Å². The Balaban J connectivity index is 2.10. The highest BCUT2D eigenvalue weighted by molar-refractivity contribution is 7.09. The lowest BCUT2D eigenvalue weighted by atomic mass is 10.1. The van der Waals surface area contributed by atoms with Crippen LogP contribution < -0.4 is 0 Å². The second kappa shape index (κ2) is 8.06. The second-order valence-corrected chi connectivity index (χ2v) is 7.20. The largest absolute Gasteiger partial charge is 0.480 e. The molecule has 0 spiro atoms. The van der Waals surface area contributed by atoms with Crippen LogP contribution in [-0.4, -0.2) is 40.0 Å². The SMILES string of the molecule is Cc1ccc(Cc2nc(C(=O)N(CC(=O)O)CC(C)C)cs2)cc1. The predicted molar refractivity (Wildman–Crippen MR) is 94.5 cm³/mol. The number of hydrogen-bond donors (Lipinski definition) is 1. The van der Waals surface area contributed by atoms with Gasteiger partial charge in [-0.2, -0.15) is 0 Å². The molecule has 2 aromatic rings. The van der Waals surface area contributed by atoms with E-state index in [1.54, 1.807) is 5.38 Å². The zero-order valence-corrected chi connectivity index (χ0v) is 15.0. The fraction of sp³-hybridized carbons (Fsp3) is 0.389. The number of carbonyl (C=O) groups is 2. The number of thiazole rings is 1. The van der Waals surface area contributed by atoms with Crippen LogP contribution in [-0.2, 0) is 11.2 Å². The fourth-order valence-electron chi connectivity index (χ4n) is 2.36. The first-order valence-electron chi connectivity index (χ1n) is 7.86. The summed E-state index contributed by atoms with van der Waals surface area (Å²) in [5, 5.41) is 11.6.